The Labute approximate surface area is 181 Å². The Kier molecular flexibility index (Phi) is 6.11. The quantitative estimate of drug-likeness (QED) is 0.465. The first-order valence-corrected chi connectivity index (χ1v) is 10.6. The van der Waals surface area contributed by atoms with Gasteiger partial charge in [-0.2, -0.15) is 0 Å². The number of carbonyl (C=O) groups is 2. The summed E-state index contributed by atoms with van der Waals surface area (Å²) in [6.45, 7) is 3.34. The van der Waals surface area contributed by atoms with Crippen molar-refractivity contribution >= 4 is 28.7 Å². The number of aromatic nitrogens is 2. The van der Waals surface area contributed by atoms with Crippen molar-refractivity contribution in [3.8, 4) is 0 Å². The highest BCUT2D eigenvalue weighted by molar-refractivity contribution is 6.05. The molecule has 0 fully saturated rings. The van der Waals surface area contributed by atoms with Crippen LogP contribution in [-0.2, 0) is 29.0 Å². The van der Waals surface area contributed by atoms with E-state index in [9.17, 15) is 9.59 Å². The molecule has 160 valence electrons. The molecule has 0 spiro atoms. The molecule has 0 saturated carbocycles. The van der Waals surface area contributed by atoms with Gasteiger partial charge < -0.3 is 15.4 Å². The average Bonchev–Trinajstić information content (AvgIpc) is 3.20. The number of amides is 1. The molecular weight excluding hydrogens is 392 g/mol. The highest BCUT2D eigenvalue weighted by Gasteiger charge is 2.26. The Morgan fingerprint density at radius 2 is 1.81 bits per heavy atom. The standard InChI is InChI=1S/C24H26N4O3/c1-2-31-21(29)10-6-3-7-16-11-12-20-19(13-16)22(27-24(25)26-20)23(30)28-14-17-8-4-5-9-18(17)15-28/h4-5,8-9,11-13H,2-3,6-7,10,14-15H2,1H3,(H2,25,26,27). The summed E-state index contributed by atoms with van der Waals surface area (Å²) in [7, 11) is 0. The highest BCUT2D eigenvalue weighted by Crippen LogP contribution is 2.27. The fraction of sp³-hybridized carbons (Fsp3) is 0.333. The Hall–Kier alpha value is -3.48. The topological polar surface area (TPSA) is 98.4 Å². The summed E-state index contributed by atoms with van der Waals surface area (Å²) in [5.41, 5.74) is 10.3. The van der Waals surface area contributed by atoms with Gasteiger partial charge in [-0.3, -0.25) is 9.59 Å². The predicted octanol–water partition coefficient (Wildman–Crippen LogP) is 3.64. The Morgan fingerprint density at radius 1 is 1.06 bits per heavy atom. The number of rotatable bonds is 7. The van der Waals surface area contributed by atoms with E-state index in [1.165, 1.54) is 0 Å². The maximum absolute atomic E-state index is 13.3. The molecule has 0 atom stereocenters. The molecule has 0 radical (unpaired) electrons. The number of hydrogen-bond acceptors (Lipinski definition) is 6. The van der Waals surface area contributed by atoms with Crippen molar-refractivity contribution in [2.24, 2.45) is 0 Å². The molecule has 0 unspecified atom stereocenters. The molecule has 1 aromatic heterocycles. The van der Waals surface area contributed by atoms with Crippen LogP contribution in [0.4, 0.5) is 5.95 Å². The van der Waals surface area contributed by atoms with Gasteiger partial charge in [-0.05, 0) is 55.0 Å². The van der Waals surface area contributed by atoms with Crippen molar-refractivity contribution < 1.29 is 14.3 Å². The van der Waals surface area contributed by atoms with Gasteiger partial charge in [0.1, 0.15) is 5.69 Å². The van der Waals surface area contributed by atoms with E-state index in [2.05, 4.69) is 9.97 Å². The van der Waals surface area contributed by atoms with Crippen molar-refractivity contribution in [3.05, 3.63) is 64.8 Å². The highest BCUT2D eigenvalue weighted by atomic mass is 16.5. The van der Waals surface area contributed by atoms with E-state index in [4.69, 9.17) is 10.5 Å². The number of aryl methyl sites for hydroxylation is 1. The van der Waals surface area contributed by atoms with Crippen LogP contribution in [0.5, 0.6) is 0 Å². The van der Waals surface area contributed by atoms with E-state index in [0.717, 1.165) is 36.0 Å². The van der Waals surface area contributed by atoms with Gasteiger partial charge in [0.25, 0.3) is 5.91 Å². The van der Waals surface area contributed by atoms with Gasteiger partial charge >= 0.3 is 5.97 Å². The van der Waals surface area contributed by atoms with Crippen LogP contribution in [0.2, 0.25) is 0 Å². The van der Waals surface area contributed by atoms with E-state index in [0.29, 0.717) is 42.7 Å². The second-order valence-electron chi connectivity index (χ2n) is 7.72. The monoisotopic (exact) mass is 418 g/mol. The van der Waals surface area contributed by atoms with Gasteiger partial charge in [0.15, 0.2) is 0 Å². The first kappa shape index (κ1) is 20.8. The maximum Gasteiger partial charge on any atom is 0.305 e. The number of nitrogens with two attached hydrogens (primary N) is 1. The van der Waals surface area contributed by atoms with Crippen molar-refractivity contribution in [2.75, 3.05) is 12.3 Å². The molecule has 2 heterocycles. The number of hydrogen-bond donors (Lipinski definition) is 1. The molecule has 1 aliphatic heterocycles. The normalized spacial score (nSPS) is 12.7. The van der Waals surface area contributed by atoms with Crippen LogP contribution in [0, 0.1) is 0 Å². The number of anilines is 1. The maximum atomic E-state index is 13.3. The van der Waals surface area contributed by atoms with Gasteiger partial charge in [0, 0.05) is 24.9 Å². The fourth-order valence-corrected chi connectivity index (χ4v) is 3.97. The summed E-state index contributed by atoms with van der Waals surface area (Å²) in [5.74, 6) is -0.214. The van der Waals surface area contributed by atoms with Gasteiger partial charge in [0.2, 0.25) is 5.95 Å². The number of carbonyl (C=O) groups excluding carboxylic acids is 2. The van der Waals surface area contributed by atoms with Gasteiger partial charge in [-0.25, -0.2) is 9.97 Å². The Morgan fingerprint density at radius 3 is 2.52 bits per heavy atom. The summed E-state index contributed by atoms with van der Waals surface area (Å²) in [6.07, 6.45) is 2.82. The lowest BCUT2D eigenvalue weighted by molar-refractivity contribution is -0.143. The third kappa shape index (κ3) is 4.66. The molecule has 7 nitrogen and oxygen atoms in total. The fourth-order valence-electron chi connectivity index (χ4n) is 3.97. The van der Waals surface area contributed by atoms with Crippen molar-refractivity contribution in [2.45, 2.75) is 45.7 Å². The molecular formula is C24H26N4O3. The molecule has 1 amide bonds. The lowest BCUT2D eigenvalue weighted by Gasteiger charge is -2.16. The lowest BCUT2D eigenvalue weighted by atomic mass is 10.0. The first-order chi connectivity index (χ1) is 15.0. The summed E-state index contributed by atoms with van der Waals surface area (Å²) in [6, 6.07) is 13.9. The zero-order chi connectivity index (χ0) is 21.8. The molecule has 1 aliphatic rings. The number of nitrogen functional groups attached to an aromatic ring is 1. The summed E-state index contributed by atoms with van der Waals surface area (Å²) >= 11 is 0. The van der Waals surface area contributed by atoms with Crippen molar-refractivity contribution in [3.63, 3.8) is 0 Å². The minimum Gasteiger partial charge on any atom is -0.466 e. The largest absolute Gasteiger partial charge is 0.466 e. The molecule has 2 N–H and O–H groups in total. The minimum atomic E-state index is -0.163. The Bertz CT molecular complexity index is 1100. The molecule has 0 saturated heterocycles. The number of unbranched alkanes of at least 4 members (excludes halogenated alkanes) is 1. The molecule has 0 bridgehead atoms. The average molecular weight is 418 g/mol. The van der Waals surface area contributed by atoms with Gasteiger partial charge in [-0.1, -0.05) is 30.3 Å². The molecule has 0 aliphatic carbocycles. The third-order valence-electron chi connectivity index (χ3n) is 5.51. The number of benzene rings is 2. The first-order valence-electron chi connectivity index (χ1n) is 10.6. The SMILES string of the molecule is CCOC(=O)CCCCc1ccc2nc(N)nc(C(=O)N3Cc4ccccc4C3)c2c1. The van der Waals surface area contributed by atoms with E-state index < -0.39 is 0 Å². The molecule has 4 rings (SSSR count). The van der Waals surface area contributed by atoms with Crippen LogP contribution in [-0.4, -0.2) is 33.4 Å². The zero-order valence-electron chi connectivity index (χ0n) is 17.6. The van der Waals surface area contributed by atoms with Crippen LogP contribution < -0.4 is 5.73 Å². The summed E-state index contributed by atoms with van der Waals surface area (Å²) in [4.78, 5) is 35.2. The summed E-state index contributed by atoms with van der Waals surface area (Å²) < 4.78 is 4.97. The predicted molar refractivity (Wildman–Crippen MR) is 118 cm³/mol. The van der Waals surface area contributed by atoms with Gasteiger partial charge in [0.05, 0.1) is 12.1 Å². The number of fused-ring (bicyclic) bond motifs is 2. The van der Waals surface area contributed by atoms with Crippen molar-refractivity contribution in [1.82, 2.24) is 14.9 Å². The van der Waals surface area contributed by atoms with Crippen molar-refractivity contribution in [1.29, 1.82) is 0 Å². The van der Waals surface area contributed by atoms with Crippen LogP contribution in [0.1, 0.15) is 53.4 Å². The van der Waals surface area contributed by atoms with E-state index in [1.54, 1.807) is 4.90 Å². The number of ether oxygens (including phenoxy) is 1. The molecule has 31 heavy (non-hydrogen) atoms. The minimum absolute atomic E-state index is 0.0924. The number of nitrogens with zero attached hydrogens (tertiary/aromatic N) is 3. The van der Waals surface area contributed by atoms with Gasteiger partial charge in [-0.15, -0.1) is 0 Å². The molecule has 2 aromatic carbocycles. The van der Waals surface area contributed by atoms with Crippen LogP contribution in [0.25, 0.3) is 10.9 Å². The van der Waals surface area contributed by atoms with Crippen LogP contribution in [0.3, 0.4) is 0 Å². The van der Waals surface area contributed by atoms with E-state index in [1.807, 2.05) is 49.4 Å². The zero-order valence-corrected chi connectivity index (χ0v) is 17.6. The third-order valence-corrected chi connectivity index (χ3v) is 5.51. The number of esters is 1. The smallest absolute Gasteiger partial charge is 0.305 e. The summed E-state index contributed by atoms with van der Waals surface area (Å²) in [5, 5.41) is 0.707. The molecule has 7 heteroatoms. The van der Waals surface area contributed by atoms with E-state index in [-0.39, 0.29) is 17.8 Å². The molecule has 3 aromatic rings. The second-order valence-corrected chi connectivity index (χ2v) is 7.72. The van der Waals surface area contributed by atoms with Crippen LogP contribution >= 0.6 is 0 Å². The lowest BCUT2D eigenvalue weighted by Crippen LogP contribution is -2.27. The Balaban J connectivity index is 1.52. The van der Waals surface area contributed by atoms with Crippen LogP contribution in [0.15, 0.2) is 42.5 Å². The second kappa shape index (κ2) is 9.12. The van der Waals surface area contributed by atoms with E-state index >= 15 is 0 Å².